The molecule has 11 atom stereocenters. The molecule has 84 heavy (non-hydrogen) atoms. The van der Waals surface area contributed by atoms with Gasteiger partial charge in [-0.05, 0) is 114 Å². The molecule has 35 heteroatoms. The number of hydrogen-bond donors (Lipinski definition) is 20. The number of aliphatic imine (C=N–C) groups is 2. The van der Waals surface area contributed by atoms with E-state index in [0.29, 0.717) is 24.3 Å². The SMILES string of the molecule is CSCC[C@H](NC(=O)[C@H](CS)NC(=O)[C@H](CS)NC(=O)[C@H](CC(C)C)NC(=O)[C@@H](N)CCSC)C(=O)N[C@@H](CCCN=C(N)N)C(=O)N[C@@H](CCCN=C(N)N)C(=O)N[C@H](C(=O)N[C@@H](CCCCN)C(=O)N[C@@H](CCC(N)=O)C(=O)O)[C@@H](C)O. The molecule has 480 valence electrons. The molecule has 0 saturated heterocycles. The Morgan fingerprint density at radius 2 is 0.845 bits per heavy atom. The Hall–Kier alpha value is -6.01. The molecule has 0 aromatic carbocycles. The number of guanidine groups is 2. The summed E-state index contributed by atoms with van der Waals surface area (Å²) >= 11 is 11.3. The van der Waals surface area contributed by atoms with E-state index in [1.165, 1.54) is 23.5 Å². The molecule has 0 rings (SSSR count). The summed E-state index contributed by atoms with van der Waals surface area (Å²) in [5.41, 5.74) is 38.9. The Kier molecular flexibility index (Phi) is 40.5. The lowest BCUT2D eigenvalue weighted by atomic mass is 10.0. The summed E-state index contributed by atoms with van der Waals surface area (Å²) in [5, 5.41) is 43.2. The van der Waals surface area contributed by atoms with Gasteiger partial charge in [-0.2, -0.15) is 48.8 Å². The molecule has 0 aromatic heterocycles. The van der Waals surface area contributed by atoms with Gasteiger partial charge in [0.1, 0.15) is 54.4 Å². The highest BCUT2D eigenvalue weighted by Crippen LogP contribution is 2.12. The van der Waals surface area contributed by atoms with Crippen molar-refractivity contribution >= 4 is 126 Å². The molecule has 31 nitrogen and oxygen atoms in total. The number of carbonyl (C=O) groups is 11. The number of thioether (sulfide) groups is 2. The van der Waals surface area contributed by atoms with Crippen LogP contribution in [0.5, 0.6) is 0 Å². The lowest BCUT2D eigenvalue weighted by Gasteiger charge is -2.28. The van der Waals surface area contributed by atoms with Crippen LogP contribution in [0, 0.1) is 5.92 Å². The molecule has 0 aliphatic carbocycles. The Balaban J connectivity index is 6.87. The van der Waals surface area contributed by atoms with Crippen molar-refractivity contribution in [3.05, 3.63) is 0 Å². The topological polar surface area (TPSA) is 543 Å². The maximum Gasteiger partial charge on any atom is 0.326 e. The highest BCUT2D eigenvalue weighted by atomic mass is 32.2. The maximum absolute atomic E-state index is 14.4. The Morgan fingerprint density at radius 3 is 1.24 bits per heavy atom. The number of carbonyl (C=O) groups excluding carboxylic acids is 10. The van der Waals surface area contributed by atoms with Crippen LogP contribution in [-0.2, 0) is 52.7 Å². The first-order valence-electron chi connectivity index (χ1n) is 27.3. The normalized spacial score (nSPS) is 15.0. The minimum Gasteiger partial charge on any atom is -0.480 e. The number of hydrogen-bond acceptors (Lipinski definition) is 20. The molecule has 0 saturated carbocycles. The molecule has 0 unspecified atom stereocenters. The van der Waals surface area contributed by atoms with E-state index in [9.17, 15) is 63.0 Å². The first-order valence-corrected chi connectivity index (χ1v) is 31.3. The van der Waals surface area contributed by atoms with Gasteiger partial charge < -0.3 is 98.2 Å². The minimum absolute atomic E-state index is 0.00285. The van der Waals surface area contributed by atoms with Gasteiger partial charge in [-0.15, -0.1) is 0 Å². The third kappa shape index (κ3) is 32.9. The monoisotopic (exact) mass is 1270 g/mol. The number of carboxylic acid groups (broad SMARTS) is 1. The largest absolute Gasteiger partial charge is 0.480 e. The van der Waals surface area contributed by atoms with Gasteiger partial charge in [-0.25, -0.2) is 4.79 Å². The fraction of sp³-hybridized carbons (Fsp3) is 0.735. The average molecular weight is 1270 g/mol. The lowest BCUT2D eigenvalue weighted by Crippen LogP contribution is -2.62. The van der Waals surface area contributed by atoms with Gasteiger partial charge in [0, 0.05) is 31.0 Å². The summed E-state index contributed by atoms with van der Waals surface area (Å²) in [7, 11) is 0. The van der Waals surface area contributed by atoms with E-state index in [2.05, 4.69) is 83.1 Å². The van der Waals surface area contributed by atoms with Gasteiger partial charge >= 0.3 is 5.97 Å². The van der Waals surface area contributed by atoms with Crippen molar-refractivity contribution in [1.29, 1.82) is 0 Å². The summed E-state index contributed by atoms with van der Waals surface area (Å²) in [4.78, 5) is 155. The molecule has 0 radical (unpaired) electrons. The number of aliphatic hydroxyl groups is 1. The minimum atomic E-state index is -1.80. The first kappa shape index (κ1) is 78.0. The molecule has 0 aromatic rings. The number of thiol groups is 2. The van der Waals surface area contributed by atoms with Crippen molar-refractivity contribution in [2.24, 2.45) is 56.0 Å². The summed E-state index contributed by atoms with van der Waals surface area (Å²) < 4.78 is 0. The van der Waals surface area contributed by atoms with Crippen LogP contribution < -0.4 is 88.0 Å². The number of nitrogens with two attached hydrogens (primary N) is 7. The highest BCUT2D eigenvalue weighted by Gasteiger charge is 2.36. The van der Waals surface area contributed by atoms with Crippen LogP contribution in [0.1, 0.15) is 97.8 Å². The number of aliphatic carboxylic acids is 1. The molecule has 0 heterocycles. The standard InChI is InChI=1S/C49H92N18O13S4/c1-25(2)22-33(64-38(70)27(51)15-20-83-4)43(75)65-35(24-82)45(77)66-34(23-81)44(76)61-31(16-21-84-5)41(73)59-29(11-8-18-57-48(53)54)39(71)60-30(12-9-19-58-49(55)56)42(74)67-37(26(3)68)46(78)62-28(10-6-7-17-50)40(72)63-32(47(79)80)13-14-36(52)69/h25-35,37,68,81-82H,6-24,50-51H2,1-5H3,(H2,52,69)(H,59,73)(H,60,71)(H,61,76)(H,62,78)(H,63,72)(H,64,70)(H,65,75)(H,66,77)(H,67,74)(H,79,80)(H4,53,54,57)(H4,55,56,58)/t26-,27+,28+,29+,30+,31+,32+,33+,34+,35+,37+/m1/s1. The molecule has 0 bridgehead atoms. The van der Waals surface area contributed by atoms with Crippen LogP contribution in [0.2, 0.25) is 0 Å². The molecular weight excluding hydrogens is 1180 g/mol. The zero-order chi connectivity index (χ0) is 64.1. The Labute approximate surface area is 509 Å². The van der Waals surface area contributed by atoms with Crippen molar-refractivity contribution in [3.63, 3.8) is 0 Å². The van der Waals surface area contributed by atoms with Crippen molar-refractivity contribution in [1.82, 2.24) is 47.9 Å². The number of primary amides is 1. The van der Waals surface area contributed by atoms with Gasteiger partial charge in [0.25, 0.3) is 0 Å². The Bertz CT molecular complexity index is 2200. The fourth-order valence-electron chi connectivity index (χ4n) is 7.66. The smallest absolute Gasteiger partial charge is 0.326 e. The van der Waals surface area contributed by atoms with E-state index in [0.717, 1.165) is 6.92 Å². The summed E-state index contributed by atoms with van der Waals surface area (Å²) in [5.74, 6) is -10.4. The second-order valence-corrected chi connectivity index (χ2v) is 22.6. The van der Waals surface area contributed by atoms with Gasteiger partial charge in [-0.3, -0.25) is 57.9 Å². The third-order valence-electron chi connectivity index (χ3n) is 12.3. The molecule has 0 fully saturated rings. The zero-order valence-corrected chi connectivity index (χ0v) is 51.8. The van der Waals surface area contributed by atoms with Crippen molar-refractivity contribution < 1.29 is 63.0 Å². The van der Waals surface area contributed by atoms with E-state index in [1.807, 2.05) is 20.1 Å². The average Bonchev–Trinajstić information content (AvgIpc) is 3.51. The Morgan fingerprint density at radius 1 is 0.476 bits per heavy atom. The number of carboxylic acids is 1. The predicted molar refractivity (Wildman–Crippen MR) is 329 cm³/mol. The molecule has 10 amide bonds. The van der Waals surface area contributed by atoms with Gasteiger partial charge in [-0.1, -0.05) is 13.8 Å². The number of nitrogens with one attached hydrogen (secondary N) is 9. The van der Waals surface area contributed by atoms with E-state index < -0.39 is 132 Å². The molecule has 25 N–H and O–H groups in total. The highest BCUT2D eigenvalue weighted by molar-refractivity contribution is 7.98. The molecule has 0 spiro atoms. The summed E-state index contributed by atoms with van der Waals surface area (Å²) in [6.45, 7) is 4.98. The fourth-order valence-corrected chi connectivity index (χ4v) is 9.13. The molecule has 0 aliphatic rings. The van der Waals surface area contributed by atoms with E-state index >= 15 is 0 Å². The lowest BCUT2D eigenvalue weighted by molar-refractivity contribution is -0.143. The second kappa shape index (κ2) is 43.6. The predicted octanol–water partition coefficient (Wildman–Crippen LogP) is -5.94. The second-order valence-electron chi connectivity index (χ2n) is 19.9. The van der Waals surface area contributed by atoms with Gasteiger partial charge in [0.15, 0.2) is 11.9 Å². The third-order valence-corrected chi connectivity index (χ3v) is 14.3. The number of amides is 10. The molecular formula is C49H92N18O13S4. The zero-order valence-electron chi connectivity index (χ0n) is 48.4. The number of nitrogens with zero attached hydrogens (tertiary/aromatic N) is 2. The number of rotatable bonds is 45. The van der Waals surface area contributed by atoms with Crippen LogP contribution in [0.15, 0.2) is 9.98 Å². The summed E-state index contributed by atoms with van der Waals surface area (Å²) in [6, 6.07) is -13.8. The molecule has 0 aliphatic heterocycles. The summed E-state index contributed by atoms with van der Waals surface area (Å²) in [6.07, 6.45) is 2.15. The van der Waals surface area contributed by atoms with Crippen molar-refractivity contribution in [2.45, 2.75) is 164 Å². The van der Waals surface area contributed by atoms with Gasteiger partial charge in [0.05, 0.1) is 12.1 Å². The quantitative estimate of drug-likeness (QED) is 0.0117. The van der Waals surface area contributed by atoms with Crippen LogP contribution in [0.3, 0.4) is 0 Å². The van der Waals surface area contributed by atoms with Crippen LogP contribution >= 0.6 is 48.8 Å². The van der Waals surface area contributed by atoms with Crippen LogP contribution in [0.4, 0.5) is 0 Å². The van der Waals surface area contributed by atoms with Crippen LogP contribution in [0.25, 0.3) is 0 Å². The van der Waals surface area contributed by atoms with E-state index in [1.54, 1.807) is 6.26 Å². The van der Waals surface area contributed by atoms with E-state index in [-0.39, 0.29) is 113 Å². The van der Waals surface area contributed by atoms with Crippen molar-refractivity contribution in [3.8, 4) is 0 Å². The van der Waals surface area contributed by atoms with E-state index in [4.69, 9.17) is 40.1 Å². The maximum atomic E-state index is 14.4. The van der Waals surface area contributed by atoms with Crippen molar-refractivity contribution in [2.75, 3.05) is 55.2 Å². The number of unbranched alkanes of at least 4 members (excludes halogenated alkanes) is 1. The van der Waals surface area contributed by atoms with Gasteiger partial charge in [0.2, 0.25) is 59.1 Å². The first-order chi connectivity index (χ1) is 39.6. The number of aliphatic hydroxyl groups excluding tert-OH is 1. The van der Waals surface area contributed by atoms with Crippen LogP contribution in [-0.4, -0.2) is 209 Å².